The van der Waals surface area contributed by atoms with Crippen LogP contribution < -0.4 is 0 Å². The number of thiophene rings is 1. The first-order valence-electron chi connectivity index (χ1n) is 9.93. The number of nitrogens with zero attached hydrogens (tertiary/aromatic N) is 2. The van der Waals surface area contributed by atoms with Crippen LogP contribution in [0.3, 0.4) is 0 Å². The molecule has 0 aliphatic rings. The van der Waals surface area contributed by atoms with E-state index in [4.69, 9.17) is 4.42 Å². The van der Waals surface area contributed by atoms with Gasteiger partial charge in [0, 0.05) is 18.0 Å². The molecule has 0 radical (unpaired) electrons. The number of furan rings is 1. The van der Waals surface area contributed by atoms with Gasteiger partial charge in [-0.15, -0.1) is 17.9 Å². The topological polar surface area (TPSA) is 53.8 Å². The summed E-state index contributed by atoms with van der Waals surface area (Å²) >= 11 is 1.51. The minimum atomic E-state index is -0.334. The molecule has 0 unspecified atom stereocenters. The van der Waals surface area contributed by atoms with Crippen LogP contribution in [0.4, 0.5) is 4.39 Å². The van der Waals surface area contributed by atoms with E-state index in [-0.39, 0.29) is 50.2 Å². The Morgan fingerprint density at radius 2 is 1.84 bits per heavy atom. The van der Waals surface area contributed by atoms with Gasteiger partial charge >= 0.3 is 0 Å². The summed E-state index contributed by atoms with van der Waals surface area (Å²) < 4.78 is 18.9. The molecule has 0 aliphatic carbocycles. The quantitative estimate of drug-likeness (QED) is 0.434. The van der Waals surface area contributed by atoms with Crippen molar-refractivity contribution in [3.05, 3.63) is 94.3 Å². The minimum absolute atomic E-state index is 0.0723. The molecule has 5 nitrogen and oxygen atoms in total. The third-order valence-electron chi connectivity index (χ3n) is 4.72. The van der Waals surface area contributed by atoms with Crippen molar-refractivity contribution >= 4 is 23.2 Å². The first-order chi connectivity index (χ1) is 14.9. The Kier molecular flexibility index (Phi) is 7.78. The Labute approximate surface area is 185 Å². The molecule has 0 atom stereocenters. The number of halogens is 1. The van der Waals surface area contributed by atoms with Crippen LogP contribution in [0, 0.1) is 12.7 Å². The normalized spacial score (nSPS) is 10.6. The lowest BCUT2D eigenvalue weighted by Crippen LogP contribution is -2.43. The molecule has 0 aliphatic heterocycles. The highest BCUT2D eigenvalue weighted by molar-refractivity contribution is 7.10. The zero-order valence-corrected chi connectivity index (χ0v) is 18.2. The summed E-state index contributed by atoms with van der Waals surface area (Å²) in [4.78, 5) is 30.0. The molecule has 2 amide bonds. The van der Waals surface area contributed by atoms with Gasteiger partial charge in [0.25, 0.3) is 0 Å². The van der Waals surface area contributed by atoms with E-state index < -0.39 is 0 Å². The van der Waals surface area contributed by atoms with E-state index in [1.165, 1.54) is 28.4 Å². The molecule has 0 saturated heterocycles. The van der Waals surface area contributed by atoms with Crippen molar-refractivity contribution in [2.45, 2.75) is 26.4 Å². The van der Waals surface area contributed by atoms with Gasteiger partial charge in [0.2, 0.25) is 11.8 Å². The van der Waals surface area contributed by atoms with Gasteiger partial charge in [0.05, 0.1) is 13.0 Å². The van der Waals surface area contributed by atoms with Crippen LogP contribution in [0.5, 0.6) is 0 Å². The summed E-state index contributed by atoms with van der Waals surface area (Å²) in [6.45, 7) is 6.29. The molecule has 0 fully saturated rings. The van der Waals surface area contributed by atoms with Crippen molar-refractivity contribution < 1.29 is 18.4 Å². The molecule has 0 N–H and O–H groups in total. The van der Waals surface area contributed by atoms with Gasteiger partial charge in [-0.3, -0.25) is 9.59 Å². The number of aryl methyl sites for hydroxylation is 1. The first kappa shape index (κ1) is 22.5. The maximum atomic E-state index is 13.3. The van der Waals surface area contributed by atoms with Gasteiger partial charge in [0.15, 0.2) is 0 Å². The highest BCUT2D eigenvalue weighted by Crippen LogP contribution is 2.15. The smallest absolute Gasteiger partial charge is 0.242 e. The Bertz CT molecular complexity index is 1010. The average Bonchev–Trinajstić information content (AvgIpc) is 3.40. The summed E-state index contributed by atoms with van der Waals surface area (Å²) in [5, 5.41) is 1.92. The van der Waals surface area contributed by atoms with Gasteiger partial charge in [-0.25, -0.2) is 4.39 Å². The van der Waals surface area contributed by atoms with E-state index in [2.05, 4.69) is 6.58 Å². The van der Waals surface area contributed by atoms with Crippen molar-refractivity contribution in [2.75, 3.05) is 13.1 Å². The fraction of sp³-hybridized carbons (Fsp3) is 0.250. The Balaban J connectivity index is 1.74. The monoisotopic (exact) mass is 440 g/mol. The minimum Gasteiger partial charge on any atom is -0.464 e. The van der Waals surface area contributed by atoms with E-state index in [9.17, 15) is 14.0 Å². The van der Waals surface area contributed by atoms with Crippen molar-refractivity contribution in [1.29, 1.82) is 0 Å². The fourth-order valence-electron chi connectivity index (χ4n) is 3.15. The molecule has 2 aromatic heterocycles. The summed E-state index contributed by atoms with van der Waals surface area (Å²) in [5.41, 5.74) is 0.790. The van der Waals surface area contributed by atoms with Gasteiger partial charge in [-0.2, -0.15) is 0 Å². The second kappa shape index (κ2) is 10.7. The van der Waals surface area contributed by atoms with Gasteiger partial charge < -0.3 is 14.2 Å². The number of amides is 2. The predicted molar refractivity (Wildman–Crippen MR) is 119 cm³/mol. The molecular weight excluding hydrogens is 415 g/mol. The lowest BCUT2D eigenvalue weighted by Gasteiger charge is -2.27. The maximum Gasteiger partial charge on any atom is 0.242 e. The maximum absolute atomic E-state index is 13.3. The molecule has 31 heavy (non-hydrogen) atoms. The van der Waals surface area contributed by atoms with Crippen LogP contribution >= 0.6 is 11.3 Å². The molecule has 1 aromatic carbocycles. The van der Waals surface area contributed by atoms with Crippen LogP contribution in [0.15, 0.2) is 71.0 Å². The van der Waals surface area contributed by atoms with E-state index >= 15 is 0 Å². The molecule has 0 bridgehead atoms. The van der Waals surface area contributed by atoms with E-state index in [1.807, 2.05) is 36.6 Å². The van der Waals surface area contributed by atoms with Crippen molar-refractivity contribution in [3.8, 4) is 0 Å². The predicted octanol–water partition coefficient (Wildman–Crippen LogP) is 4.57. The first-order valence-corrected chi connectivity index (χ1v) is 10.8. The number of rotatable bonds is 10. The van der Waals surface area contributed by atoms with Gasteiger partial charge in [-0.1, -0.05) is 24.3 Å². The number of hydrogen-bond acceptors (Lipinski definition) is 4. The van der Waals surface area contributed by atoms with Gasteiger partial charge in [-0.05, 0) is 48.2 Å². The molecule has 0 saturated carbocycles. The number of carbonyl (C=O) groups excluding carboxylic acids is 2. The molecule has 0 spiro atoms. The summed E-state index contributed by atoms with van der Waals surface area (Å²) in [5.74, 6) is 0.711. The van der Waals surface area contributed by atoms with Crippen LogP contribution in [0.2, 0.25) is 0 Å². The fourth-order valence-corrected chi connectivity index (χ4v) is 3.84. The van der Waals surface area contributed by atoms with Gasteiger partial charge in [0.1, 0.15) is 23.9 Å². The van der Waals surface area contributed by atoms with Crippen molar-refractivity contribution in [1.82, 2.24) is 9.80 Å². The van der Waals surface area contributed by atoms with Crippen molar-refractivity contribution in [3.63, 3.8) is 0 Å². The molecule has 3 aromatic rings. The highest BCUT2D eigenvalue weighted by atomic mass is 32.1. The molecule has 2 heterocycles. The number of carbonyl (C=O) groups is 2. The SMILES string of the molecule is C=CCN(CC(=O)N(Cc1ccc(F)cc1)Cc1ccc(C)o1)C(=O)Cc1cccs1. The highest BCUT2D eigenvalue weighted by Gasteiger charge is 2.22. The molecular formula is C24H25FN2O3S. The van der Waals surface area contributed by atoms with E-state index in [0.717, 1.165) is 16.2 Å². The second-order valence-corrected chi connectivity index (χ2v) is 8.24. The Hall–Kier alpha value is -3.19. The molecule has 7 heteroatoms. The van der Waals surface area contributed by atoms with E-state index in [0.29, 0.717) is 5.76 Å². The Morgan fingerprint density at radius 3 is 2.45 bits per heavy atom. The van der Waals surface area contributed by atoms with Crippen molar-refractivity contribution in [2.24, 2.45) is 0 Å². The summed E-state index contributed by atoms with van der Waals surface area (Å²) in [7, 11) is 0. The van der Waals surface area contributed by atoms with E-state index in [1.54, 1.807) is 23.1 Å². The largest absolute Gasteiger partial charge is 0.464 e. The standard InChI is InChI=1S/C24H25FN2O3S/c1-3-12-26(23(28)14-22-5-4-13-31-22)17-24(29)27(16-21-11-6-18(2)30-21)15-19-7-9-20(25)10-8-19/h3-11,13H,1,12,14-17H2,2H3. The van der Waals surface area contributed by atoms with Crippen LogP contribution in [0.25, 0.3) is 0 Å². The van der Waals surface area contributed by atoms with Crippen LogP contribution in [-0.4, -0.2) is 34.7 Å². The zero-order valence-electron chi connectivity index (χ0n) is 17.4. The summed E-state index contributed by atoms with van der Waals surface area (Å²) in [6.07, 6.45) is 1.86. The number of benzene rings is 1. The zero-order chi connectivity index (χ0) is 22.2. The third-order valence-corrected chi connectivity index (χ3v) is 5.59. The average molecular weight is 441 g/mol. The number of hydrogen-bond donors (Lipinski definition) is 0. The Morgan fingerprint density at radius 1 is 1.06 bits per heavy atom. The lowest BCUT2D eigenvalue weighted by atomic mass is 10.2. The molecule has 3 rings (SSSR count). The van der Waals surface area contributed by atoms with Crippen LogP contribution in [-0.2, 0) is 29.1 Å². The van der Waals surface area contributed by atoms with Crippen LogP contribution in [0.1, 0.15) is 22.0 Å². The summed E-state index contributed by atoms with van der Waals surface area (Å²) in [6, 6.07) is 13.5. The lowest BCUT2D eigenvalue weighted by molar-refractivity contribution is -0.140. The molecule has 162 valence electrons. The second-order valence-electron chi connectivity index (χ2n) is 7.21. The third kappa shape index (κ3) is 6.65.